The van der Waals surface area contributed by atoms with Crippen LogP contribution in [-0.2, 0) is 6.18 Å². The van der Waals surface area contributed by atoms with E-state index in [1.807, 2.05) is 0 Å². The second-order valence-electron chi connectivity index (χ2n) is 3.40. The normalized spacial score (nSPS) is 18.3. The third-order valence-electron chi connectivity index (χ3n) is 2.37. The predicted octanol–water partition coefficient (Wildman–Crippen LogP) is 3.88. The number of nitriles is 1. The average Bonchev–Trinajstić information content (AvgIpc) is 2.58. The van der Waals surface area contributed by atoms with Gasteiger partial charge in [-0.3, -0.25) is 0 Å². The van der Waals surface area contributed by atoms with E-state index >= 15 is 0 Å². The SMILES string of the molecule is N#Cc1cc2c(c(C(F)(F)F)c1)C(Cl)C=C2. The molecule has 82 valence electrons. The summed E-state index contributed by atoms with van der Waals surface area (Å²) in [7, 11) is 0. The van der Waals surface area contributed by atoms with Gasteiger partial charge in [-0.05, 0) is 23.3 Å². The van der Waals surface area contributed by atoms with E-state index in [9.17, 15) is 13.2 Å². The van der Waals surface area contributed by atoms with E-state index < -0.39 is 17.1 Å². The van der Waals surface area contributed by atoms with Gasteiger partial charge in [0.25, 0.3) is 0 Å². The van der Waals surface area contributed by atoms with Crippen LogP contribution in [0, 0.1) is 11.3 Å². The minimum atomic E-state index is -4.49. The largest absolute Gasteiger partial charge is 0.416 e. The summed E-state index contributed by atoms with van der Waals surface area (Å²) in [5.74, 6) is 0. The molecule has 0 aliphatic heterocycles. The molecular formula is C11H5ClF3N. The molecule has 5 heteroatoms. The molecule has 1 aliphatic carbocycles. The van der Waals surface area contributed by atoms with Crippen LogP contribution in [0.3, 0.4) is 0 Å². The first-order chi connectivity index (χ1) is 7.43. The molecule has 0 heterocycles. The lowest BCUT2D eigenvalue weighted by molar-refractivity contribution is -0.138. The van der Waals surface area contributed by atoms with Crippen LogP contribution in [0.15, 0.2) is 18.2 Å². The first kappa shape index (κ1) is 11.0. The van der Waals surface area contributed by atoms with E-state index in [0.29, 0.717) is 5.56 Å². The van der Waals surface area contributed by atoms with Crippen LogP contribution < -0.4 is 0 Å². The summed E-state index contributed by atoms with van der Waals surface area (Å²) in [4.78, 5) is 0. The molecule has 0 saturated carbocycles. The van der Waals surface area contributed by atoms with Crippen LogP contribution in [0.4, 0.5) is 13.2 Å². The molecule has 1 aromatic rings. The van der Waals surface area contributed by atoms with Gasteiger partial charge in [-0.15, -0.1) is 11.6 Å². The van der Waals surface area contributed by atoms with E-state index in [0.717, 1.165) is 6.07 Å². The summed E-state index contributed by atoms with van der Waals surface area (Å²) in [5.41, 5.74) is -0.437. The molecule has 0 amide bonds. The molecule has 0 bridgehead atoms. The summed E-state index contributed by atoms with van der Waals surface area (Å²) in [5, 5.41) is 7.87. The molecule has 0 spiro atoms. The first-order valence-electron chi connectivity index (χ1n) is 4.41. The maximum absolute atomic E-state index is 12.7. The molecule has 1 unspecified atom stereocenters. The van der Waals surface area contributed by atoms with Gasteiger partial charge in [0.15, 0.2) is 0 Å². The molecule has 16 heavy (non-hydrogen) atoms. The average molecular weight is 244 g/mol. The van der Waals surface area contributed by atoms with Gasteiger partial charge in [0, 0.05) is 0 Å². The Morgan fingerprint density at radius 3 is 2.56 bits per heavy atom. The lowest BCUT2D eigenvalue weighted by atomic mass is 9.99. The Balaban J connectivity index is 2.71. The summed E-state index contributed by atoms with van der Waals surface area (Å²) in [6.07, 6.45) is -1.51. The molecule has 1 aromatic carbocycles. The van der Waals surface area contributed by atoms with Crippen LogP contribution in [-0.4, -0.2) is 0 Å². The Bertz CT molecular complexity index is 511. The fourth-order valence-corrected chi connectivity index (χ4v) is 2.02. The summed E-state index contributed by atoms with van der Waals surface area (Å²) in [6.45, 7) is 0. The molecule has 0 N–H and O–H groups in total. The number of nitrogens with zero attached hydrogens (tertiary/aromatic N) is 1. The van der Waals surface area contributed by atoms with Crippen molar-refractivity contribution in [1.29, 1.82) is 5.26 Å². The van der Waals surface area contributed by atoms with Gasteiger partial charge >= 0.3 is 6.18 Å². The first-order valence-corrected chi connectivity index (χ1v) is 4.84. The van der Waals surface area contributed by atoms with E-state index in [1.54, 1.807) is 6.07 Å². The number of hydrogen-bond donors (Lipinski definition) is 0. The van der Waals surface area contributed by atoms with Crippen molar-refractivity contribution in [1.82, 2.24) is 0 Å². The highest BCUT2D eigenvalue weighted by Gasteiger charge is 2.37. The van der Waals surface area contributed by atoms with E-state index in [1.165, 1.54) is 18.2 Å². The Labute approximate surface area is 94.8 Å². The van der Waals surface area contributed by atoms with Crippen LogP contribution in [0.5, 0.6) is 0 Å². The van der Waals surface area contributed by atoms with Gasteiger partial charge < -0.3 is 0 Å². The van der Waals surface area contributed by atoms with Gasteiger partial charge in [-0.25, -0.2) is 0 Å². The number of halogens is 4. The van der Waals surface area contributed by atoms with Crippen molar-refractivity contribution < 1.29 is 13.2 Å². The quantitative estimate of drug-likeness (QED) is 0.634. The summed E-state index contributed by atoms with van der Waals surface area (Å²) in [6, 6.07) is 3.95. The molecular weight excluding hydrogens is 239 g/mol. The number of fused-ring (bicyclic) bond motifs is 1. The number of benzene rings is 1. The fraction of sp³-hybridized carbons (Fsp3) is 0.182. The van der Waals surface area contributed by atoms with Crippen molar-refractivity contribution in [3.8, 4) is 6.07 Å². The highest BCUT2D eigenvalue weighted by atomic mass is 35.5. The van der Waals surface area contributed by atoms with Crippen molar-refractivity contribution in [2.24, 2.45) is 0 Å². The molecule has 1 nitrogen and oxygen atoms in total. The van der Waals surface area contributed by atoms with Gasteiger partial charge in [0.05, 0.1) is 22.6 Å². The third-order valence-corrected chi connectivity index (χ3v) is 2.73. The highest BCUT2D eigenvalue weighted by Crippen LogP contribution is 2.43. The Hall–Kier alpha value is -1.47. The molecule has 1 atom stereocenters. The van der Waals surface area contributed by atoms with Crippen LogP contribution >= 0.6 is 11.6 Å². The molecule has 2 rings (SSSR count). The van der Waals surface area contributed by atoms with Crippen LogP contribution in [0.2, 0.25) is 0 Å². The van der Waals surface area contributed by atoms with Crippen molar-refractivity contribution in [2.45, 2.75) is 11.6 Å². The molecule has 0 radical (unpaired) electrons. The van der Waals surface area contributed by atoms with Gasteiger partial charge in [0.2, 0.25) is 0 Å². The second kappa shape index (κ2) is 3.53. The maximum atomic E-state index is 12.7. The smallest absolute Gasteiger partial charge is 0.192 e. The van der Waals surface area contributed by atoms with Gasteiger partial charge in [-0.2, -0.15) is 18.4 Å². The van der Waals surface area contributed by atoms with Gasteiger partial charge in [-0.1, -0.05) is 12.2 Å². The third kappa shape index (κ3) is 1.68. The fourth-order valence-electron chi connectivity index (χ4n) is 1.70. The zero-order chi connectivity index (χ0) is 11.9. The molecule has 1 aliphatic rings. The van der Waals surface area contributed by atoms with E-state index in [-0.39, 0.29) is 11.1 Å². The minimum absolute atomic E-state index is 0.0125. The standard InChI is InChI=1S/C11H5ClF3N/c12-9-2-1-7-3-6(5-16)4-8(10(7)9)11(13,14)15/h1-4,9H. The highest BCUT2D eigenvalue weighted by molar-refractivity contribution is 6.23. The lowest BCUT2D eigenvalue weighted by Gasteiger charge is -2.14. The Morgan fingerprint density at radius 1 is 1.31 bits per heavy atom. The minimum Gasteiger partial charge on any atom is -0.192 e. The van der Waals surface area contributed by atoms with Crippen LogP contribution in [0.1, 0.15) is 27.6 Å². The lowest BCUT2D eigenvalue weighted by Crippen LogP contribution is -2.10. The zero-order valence-corrected chi connectivity index (χ0v) is 8.60. The van der Waals surface area contributed by atoms with Crippen LogP contribution in [0.25, 0.3) is 6.08 Å². The number of alkyl halides is 4. The number of rotatable bonds is 0. The van der Waals surface area contributed by atoms with E-state index in [4.69, 9.17) is 16.9 Å². The predicted molar refractivity (Wildman–Crippen MR) is 53.8 cm³/mol. The topological polar surface area (TPSA) is 23.8 Å². The van der Waals surface area contributed by atoms with Crippen molar-refractivity contribution in [3.63, 3.8) is 0 Å². The Kier molecular flexibility index (Phi) is 2.43. The zero-order valence-electron chi connectivity index (χ0n) is 7.85. The molecule has 0 aromatic heterocycles. The van der Waals surface area contributed by atoms with E-state index in [2.05, 4.69) is 0 Å². The van der Waals surface area contributed by atoms with Gasteiger partial charge in [0.1, 0.15) is 0 Å². The van der Waals surface area contributed by atoms with Crippen molar-refractivity contribution in [3.05, 3.63) is 40.5 Å². The number of allylic oxidation sites excluding steroid dienone is 1. The summed E-state index contributed by atoms with van der Waals surface area (Å²) >= 11 is 5.78. The number of hydrogen-bond acceptors (Lipinski definition) is 1. The monoisotopic (exact) mass is 243 g/mol. The Morgan fingerprint density at radius 2 is 2.00 bits per heavy atom. The summed E-state index contributed by atoms with van der Waals surface area (Å²) < 4.78 is 38.2. The maximum Gasteiger partial charge on any atom is 0.416 e. The second-order valence-corrected chi connectivity index (χ2v) is 3.87. The van der Waals surface area contributed by atoms with Crippen molar-refractivity contribution in [2.75, 3.05) is 0 Å². The van der Waals surface area contributed by atoms with Crippen molar-refractivity contribution >= 4 is 17.7 Å². The molecule has 0 saturated heterocycles. The molecule has 0 fully saturated rings.